The molecule has 0 bridgehead atoms. The van der Waals surface area contributed by atoms with Gasteiger partial charge < -0.3 is 14.2 Å². The average molecular weight is 1650 g/mol. The quantitative estimate of drug-likeness (QED) is 0.106. The summed E-state index contributed by atoms with van der Waals surface area (Å²) in [6.45, 7) is 13.3. The largest absolute Gasteiger partial charge is 0.497 e. The second-order valence-electron chi connectivity index (χ2n) is 29.0. The molecule has 13 heteroatoms. The zero-order valence-corrected chi connectivity index (χ0v) is 69.6. The van der Waals surface area contributed by atoms with Gasteiger partial charge in [-0.1, -0.05) is 246 Å². The first-order valence-electron chi connectivity index (χ1n) is 39.2. The fourth-order valence-electron chi connectivity index (χ4n) is 12.4. The molecule has 0 aliphatic heterocycles. The third-order valence-electron chi connectivity index (χ3n) is 19.3. The Morgan fingerprint density at radius 1 is 0.185 bits per heavy atom. The highest BCUT2D eigenvalue weighted by atomic mass is 19.2. The van der Waals surface area contributed by atoms with E-state index in [2.05, 4.69) is 132 Å². The molecule has 0 atom stereocenters. The van der Waals surface area contributed by atoms with Gasteiger partial charge in [-0.25, -0.2) is 43.9 Å². The number of aryl methyl sites for hydroxylation is 7. The summed E-state index contributed by atoms with van der Waals surface area (Å²) < 4.78 is 153. The number of hydrogen-bond donors (Lipinski definition) is 0. The molecule has 0 aliphatic rings. The zero-order valence-electron chi connectivity index (χ0n) is 69.6. The predicted molar refractivity (Wildman–Crippen MR) is 478 cm³/mol. The van der Waals surface area contributed by atoms with E-state index in [4.69, 9.17) is 14.2 Å². The number of rotatable bonds is 9. The van der Waals surface area contributed by atoms with E-state index >= 15 is 0 Å². The molecular weight excluding hydrogens is 1570 g/mol. The molecule has 0 saturated heterocycles. The molecule has 0 saturated carbocycles. The highest BCUT2D eigenvalue weighted by Crippen LogP contribution is 2.29. The Labute approximate surface area is 718 Å². The van der Waals surface area contributed by atoms with Gasteiger partial charge in [0.25, 0.3) is 0 Å². The van der Waals surface area contributed by atoms with E-state index in [0.29, 0.717) is 56.7 Å². The lowest BCUT2D eigenvalue weighted by Gasteiger charge is -2.04. The fourth-order valence-corrected chi connectivity index (χ4v) is 12.4. The zero-order chi connectivity index (χ0) is 88.3. The van der Waals surface area contributed by atoms with Crippen LogP contribution < -0.4 is 9.47 Å². The van der Waals surface area contributed by atoms with Crippen LogP contribution in [-0.4, -0.2) is 21.3 Å². The van der Waals surface area contributed by atoms with Gasteiger partial charge in [-0.15, -0.1) is 0 Å². The Hall–Kier alpha value is -15.0. The lowest BCUT2D eigenvalue weighted by atomic mass is 10.0. The summed E-state index contributed by atoms with van der Waals surface area (Å²) in [6, 6.07) is 90.9. The van der Waals surface area contributed by atoms with Crippen molar-refractivity contribution >= 4 is 0 Å². The Kier molecular flexibility index (Phi) is 31.3. The van der Waals surface area contributed by atoms with Gasteiger partial charge in [0.05, 0.1) is 48.6 Å². The van der Waals surface area contributed by atoms with E-state index in [-0.39, 0.29) is 33.6 Å². The molecule has 0 fully saturated rings. The third-order valence-corrected chi connectivity index (χ3v) is 19.3. The van der Waals surface area contributed by atoms with Crippen molar-refractivity contribution in [2.75, 3.05) is 21.3 Å². The molecule has 614 valence electrons. The smallest absolute Gasteiger partial charge is 0.145 e. The standard InChI is InChI=1S/C23H18F2O.2C22H16F2O.2C22H16F2/c1-16-13-22(24)21(23(25)14-16)12-7-17-3-8-19(9-4-17)20-10-5-18(6-11-20)15-26-2;1-15-3-8-17(9-4-15)18-10-5-16(6-11-18)7-12-20-21(23)13-19(25-2)14-22(20)24;1-15-13-21(23)20(22(24)14-15)12-5-16-3-6-17(7-4-16)18-8-10-19(25-2)11-9-18;2*1-15-3-8-18(9-4-15)19-10-5-17(6-11-19)7-12-20-21(23)13-16(2)14-22(20)24/h3-6,8-11,13-14H,15H2,1-2H3;3-6,8-11,13-14H,1-2H3;3-4,6-11,13-14H,1-2H3;2*3-6,8-11,13-14H,1-2H3. The summed E-state index contributed by atoms with van der Waals surface area (Å²) >= 11 is 0. The number of hydrogen-bond acceptors (Lipinski definition) is 3. The summed E-state index contributed by atoms with van der Waals surface area (Å²) in [6.07, 6.45) is 0. The van der Waals surface area contributed by atoms with Crippen molar-refractivity contribution in [2.45, 2.75) is 55.1 Å². The molecule has 0 heterocycles. The van der Waals surface area contributed by atoms with Crippen molar-refractivity contribution in [1.29, 1.82) is 0 Å². The maximum atomic E-state index is 13.9. The minimum Gasteiger partial charge on any atom is -0.497 e. The number of halogens is 10. The lowest BCUT2D eigenvalue weighted by Crippen LogP contribution is -1.93. The lowest BCUT2D eigenvalue weighted by molar-refractivity contribution is 0.185. The van der Waals surface area contributed by atoms with Gasteiger partial charge in [-0.05, 0) is 253 Å². The second kappa shape index (κ2) is 43.3. The van der Waals surface area contributed by atoms with Crippen molar-refractivity contribution in [2.24, 2.45) is 0 Å². The summed E-state index contributed by atoms with van der Waals surface area (Å²) in [5, 5.41) is 0. The summed E-state index contributed by atoms with van der Waals surface area (Å²) in [7, 11) is 4.65. The van der Waals surface area contributed by atoms with E-state index in [0.717, 1.165) is 79.1 Å². The summed E-state index contributed by atoms with van der Waals surface area (Å²) in [4.78, 5) is 0. The maximum Gasteiger partial charge on any atom is 0.145 e. The number of ether oxygens (including phenoxy) is 3. The molecule has 0 unspecified atom stereocenters. The first-order chi connectivity index (χ1) is 59.7. The Balaban J connectivity index is 0.000000151. The minimum absolute atomic E-state index is 0.128. The molecule has 15 aromatic rings. The fraction of sp³-hybridized carbons (Fsp3) is 0.0991. The van der Waals surface area contributed by atoms with Crippen LogP contribution in [0.5, 0.6) is 11.5 Å². The Morgan fingerprint density at radius 3 is 0.540 bits per heavy atom. The van der Waals surface area contributed by atoms with Gasteiger partial charge in [-0.2, -0.15) is 0 Å². The van der Waals surface area contributed by atoms with Crippen molar-refractivity contribution in [3.05, 3.63) is 462 Å². The first kappa shape index (κ1) is 89.7. The average Bonchev–Trinajstić information content (AvgIpc) is 0.834. The summed E-state index contributed by atoms with van der Waals surface area (Å²) in [5.74, 6) is 21.4. The van der Waals surface area contributed by atoms with Crippen molar-refractivity contribution in [1.82, 2.24) is 0 Å². The van der Waals surface area contributed by atoms with E-state index in [9.17, 15) is 43.9 Å². The van der Waals surface area contributed by atoms with Crippen LogP contribution in [0, 0.1) is 166 Å². The van der Waals surface area contributed by atoms with Crippen LogP contribution in [0.15, 0.2) is 303 Å². The maximum absolute atomic E-state index is 13.9. The number of methoxy groups -OCH3 is 3. The predicted octanol–water partition coefficient (Wildman–Crippen LogP) is 27.5. The molecular formula is C111H82F10O3. The van der Waals surface area contributed by atoms with Crippen LogP contribution in [0.4, 0.5) is 43.9 Å². The molecule has 124 heavy (non-hydrogen) atoms. The molecule has 3 nitrogen and oxygen atoms in total. The van der Waals surface area contributed by atoms with Crippen molar-refractivity contribution in [3.63, 3.8) is 0 Å². The molecule has 0 aromatic heterocycles. The Morgan fingerprint density at radius 2 is 0.355 bits per heavy atom. The molecule has 0 aliphatic carbocycles. The monoisotopic (exact) mass is 1650 g/mol. The second-order valence-corrected chi connectivity index (χ2v) is 29.0. The van der Waals surface area contributed by atoms with Crippen LogP contribution in [0.1, 0.15) is 100 Å². The number of benzene rings is 15. The van der Waals surface area contributed by atoms with Gasteiger partial charge in [0.15, 0.2) is 0 Å². The normalized spacial score (nSPS) is 10.2. The van der Waals surface area contributed by atoms with E-state index in [1.165, 1.54) is 72.3 Å². The van der Waals surface area contributed by atoms with Gasteiger partial charge in [0.2, 0.25) is 0 Å². The molecule has 15 rings (SSSR count). The molecule has 0 spiro atoms. The molecule has 0 radical (unpaired) electrons. The molecule has 0 N–H and O–H groups in total. The molecule has 0 amide bonds. The Bertz CT molecular complexity index is 6310. The minimum atomic E-state index is -0.736. The highest BCUT2D eigenvalue weighted by molar-refractivity contribution is 5.70. The van der Waals surface area contributed by atoms with Crippen LogP contribution in [0.25, 0.3) is 55.6 Å². The van der Waals surface area contributed by atoms with Crippen LogP contribution in [0.2, 0.25) is 0 Å². The van der Waals surface area contributed by atoms with Crippen LogP contribution >= 0.6 is 0 Å². The van der Waals surface area contributed by atoms with Crippen molar-refractivity contribution in [3.8, 4) is 126 Å². The first-order valence-corrected chi connectivity index (χ1v) is 39.2. The highest BCUT2D eigenvalue weighted by Gasteiger charge is 2.14. The van der Waals surface area contributed by atoms with E-state index < -0.39 is 58.2 Å². The SMILES string of the molecule is COCc1ccc(-c2ccc(C#Cc3c(F)cc(C)cc3F)cc2)cc1.COc1cc(F)c(C#Cc2ccc(-c3ccc(C)cc3)cc2)c(F)c1.COc1ccc(-c2ccc(C#Cc3c(F)cc(C)cc3F)cc2)cc1.Cc1ccc(-c2ccc(C#Cc3c(F)cc(C)cc3F)cc2)cc1.Cc1ccc(-c2ccc(C#Cc3c(F)cc(C)cc3F)cc2)cc1. The van der Waals surface area contributed by atoms with Crippen molar-refractivity contribution < 1.29 is 58.1 Å². The van der Waals surface area contributed by atoms with Gasteiger partial charge in [0, 0.05) is 47.1 Å². The van der Waals surface area contributed by atoms with Gasteiger partial charge in [-0.3, -0.25) is 0 Å². The van der Waals surface area contributed by atoms with Crippen LogP contribution in [-0.2, 0) is 11.3 Å². The summed E-state index contributed by atoms with van der Waals surface area (Å²) in [5.41, 5.74) is 20.1. The third kappa shape index (κ3) is 25.5. The topological polar surface area (TPSA) is 27.7 Å². The van der Waals surface area contributed by atoms with Crippen LogP contribution in [0.3, 0.4) is 0 Å². The van der Waals surface area contributed by atoms with E-state index in [1.54, 1.807) is 41.9 Å². The van der Waals surface area contributed by atoms with Gasteiger partial charge >= 0.3 is 0 Å². The molecule has 15 aromatic carbocycles. The van der Waals surface area contributed by atoms with Gasteiger partial charge in [0.1, 0.15) is 69.7 Å². The van der Waals surface area contributed by atoms with E-state index in [1.807, 2.05) is 191 Å².